The summed E-state index contributed by atoms with van der Waals surface area (Å²) in [4.78, 5) is 12.6. The Morgan fingerprint density at radius 1 is 0.862 bits per heavy atom. The van der Waals surface area contributed by atoms with E-state index in [1.807, 2.05) is 13.8 Å². The van der Waals surface area contributed by atoms with Crippen molar-refractivity contribution < 1.29 is 17.9 Å². The van der Waals surface area contributed by atoms with Gasteiger partial charge in [0.05, 0.1) is 11.0 Å². The average molecular weight is 410 g/mol. The second-order valence-electron chi connectivity index (χ2n) is 6.64. The van der Waals surface area contributed by atoms with Crippen LogP contribution in [0.4, 0.5) is 11.4 Å². The van der Waals surface area contributed by atoms with Crippen molar-refractivity contribution in [3.8, 4) is 5.75 Å². The lowest BCUT2D eigenvalue weighted by Gasteiger charge is -2.11. The molecule has 0 aromatic heterocycles. The Kier molecular flexibility index (Phi) is 6.19. The van der Waals surface area contributed by atoms with E-state index in [0.717, 1.165) is 0 Å². The molecule has 0 fully saturated rings. The molecule has 150 valence electrons. The number of nitrogens with one attached hydrogen (secondary N) is 2. The maximum atomic E-state index is 12.6. The number of amides is 1. The number of hydrogen-bond acceptors (Lipinski definition) is 4. The molecule has 0 saturated carbocycles. The van der Waals surface area contributed by atoms with Crippen molar-refractivity contribution in [2.75, 3.05) is 10.0 Å². The normalized spacial score (nSPS) is 11.1. The first-order valence-corrected chi connectivity index (χ1v) is 10.6. The molecule has 3 aromatic carbocycles. The third-order valence-electron chi connectivity index (χ3n) is 3.92. The summed E-state index contributed by atoms with van der Waals surface area (Å²) in [6.07, 6.45) is 0.0598. The summed E-state index contributed by atoms with van der Waals surface area (Å²) in [5.41, 5.74) is 1.27. The van der Waals surface area contributed by atoms with E-state index in [-0.39, 0.29) is 16.6 Å². The number of anilines is 2. The van der Waals surface area contributed by atoms with Crippen LogP contribution in [0.2, 0.25) is 0 Å². The SMILES string of the molecule is CC(C)Oc1ccc(NC(=O)c2cccc(S(=O)(=O)Nc3ccccc3)c2)cc1. The van der Waals surface area contributed by atoms with Gasteiger partial charge in [-0.05, 0) is 68.4 Å². The molecule has 0 aliphatic rings. The van der Waals surface area contributed by atoms with Crippen molar-refractivity contribution in [3.05, 3.63) is 84.4 Å². The molecule has 0 aliphatic carbocycles. The van der Waals surface area contributed by atoms with Gasteiger partial charge in [0.25, 0.3) is 15.9 Å². The first kappa shape index (κ1) is 20.4. The molecule has 1 amide bonds. The van der Waals surface area contributed by atoms with Crippen LogP contribution in [-0.4, -0.2) is 20.4 Å². The predicted octanol–water partition coefficient (Wildman–Crippen LogP) is 4.53. The molecular formula is C22H22N2O4S. The van der Waals surface area contributed by atoms with E-state index in [1.165, 1.54) is 18.2 Å². The fraction of sp³-hybridized carbons (Fsp3) is 0.136. The number of para-hydroxylation sites is 1. The lowest BCUT2D eigenvalue weighted by atomic mass is 10.2. The summed E-state index contributed by atoms with van der Waals surface area (Å²) < 4.78 is 33.3. The van der Waals surface area contributed by atoms with E-state index in [2.05, 4.69) is 10.0 Å². The molecule has 3 rings (SSSR count). The van der Waals surface area contributed by atoms with E-state index < -0.39 is 15.9 Å². The monoisotopic (exact) mass is 410 g/mol. The topological polar surface area (TPSA) is 84.5 Å². The number of hydrogen-bond donors (Lipinski definition) is 2. The van der Waals surface area contributed by atoms with Gasteiger partial charge in [0, 0.05) is 16.9 Å². The van der Waals surface area contributed by atoms with E-state index in [0.29, 0.717) is 17.1 Å². The van der Waals surface area contributed by atoms with Crippen molar-refractivity contribution in [1.29, 1.82) is 0 Å². The molecule has 6 nitrogen and oxygen atoms in total. The van der Waals surface area contributed by atoms with Crippen molar-refractivity contribution in [3.63, 3.8) is 0 Å². The largest absolute Gasteiger partial charge is 0.491 e. The Balaban J connectivity index is 1.74. The molecule has 0 bridgehead atoms. The fourth-order valence-corrected chi connectivity index (χ4v) is 3.72. The zero-order valence-electron chi connectivity index (χ0n) is 16.1. The Bertz CT molecular complexity index is 1080. The highest BCUT2D eigenvalue weighted by Crippen LogP contribution is 2.20. The molecule has 0 aliphatic heterocycles. The number of carbonyl (C=O) groups is 1. The molecule has 2 N–H and O–H groups in total. The second kappa shape index (κ2) is 8.79. The van der Waals surface area contributed by atoms with Crippen LogP contribution in [-0.2, 0) is 10.0 Å². The van der Waals surface area contributed by atoms with Crippen LogP contribution in [0.15, 0.2) is 83.8 Å². The van der Waals surface area contributed by atoms with Gasteiger partial charge in [-0.15, -0.1) is 0 Å². The minimum atomic E-state index is -3.81. The highest BCUT2D eigenvalue weighted by molar-refractivity contribution is 7.92. The minimum absolute atomic E-state index is 0.00897. The summed E-state index contributed by atoms with van der Waals surface area (Å²) in [5, 5.41) is 2.76. The van der Waals surface area contributed by atoms with E-state index in [9.17, 15) is 13.2 Å². The molecule has 29 heavy (non-hydrogen) atoms. The maximum Gasteiger partial charge on any atom is 0.261 e. The maximum absolute atomic E-state index is 12.6. The summed E-state index contributed by atoms with van der Waals surface area (Å²) in [6, 6.07) is 21.4. The molecule has 0 unspecified atom stereocenters. The van der Waals surface area contributed by atoms with E-state index >= 15 is 0 Å². The molecule has 3 aromatic rings. The average Bonchev–Trinajstić information content (AvgIpc) is 2.69. The number of carbonyl (C=O) groups excluding carboxylic acids is 1. The summed E-state index contributed by atoms with van der Waals surface area (Å²) in [5.74, 6) is 0.303. The van der Waals surface area contributed by atoms with Gasteiger partial charge >= 0.3 is 0 Å². The van der Waals surface area contributed by atoms with Crippen molar-refractivity contribution in [2.24, 2.45) is 0 Å². The number of rotatable bonds is 7. The van der Waals surface area contributed by atoms with Gasteiger partial charge in [-0.25, -0.2) is 8.42 Å². The highest BCUT2D eigenvalue weighted by atomic mass is 32.2. The molecule has 0 radical (unpaired) electrons. The van der Waals surface area contributed by atoms with Crippen molar-refractivity contribution in [2.45, 2.75) is 24.8 Å². The van der Waals surface area contributed by atoms with Gasteiger partial charge in [-0.3, -0.25) is 9.52 Å². The zero-order chi connectivity index (χ0) is 20.9. The van der Waals surface area contributed by atoms with Crippen molar-refractivity contribution in [1.82, 2.24) is 0 Å². The highest BCUT2D eigenvalue weighted by Gasteiger charge is 2.16. The molecule has 0 atom stereocenters. The van der Waals surface area contributed by atoms with Gasteiger partial charge in [0.15, 0.2) is 0 Å². The number of benzene rings is 3. The fourth-order valence-electron chi connectivity index (χ4n) is 2.62. The van der Waals surface area contributed by atoms with Crippen LogP contribution in [0.5, 0.6) is 5.75 Å². The molecule has 0 saturated heterocycles. The molecule has 0 heterocycles. The third kappa shape index (κ3) is 5.58. The third-order valence-corrected chi connectivity index (χ3v) is 5.30. The van der Waals surface area contributed by atoms with Crippen LogP contribution in [0.25, 0.3) is 0 Å². The predicted molar refractivity (Wildman–Crippen MR) is 114 cm³/mol. The molecule has 0 spiro atoms. The van der Waals surface area contributed by atoms with Gasteiger partial charge in [0.1, 0.15) is 5.75 Å². The van der Waals surface area contributed by atoms with Crippen LogP contribution in [0.1, 0.15) is 24.2 Å². The minimum Gasteiger partial charge on any atom is -0.491 e. The van der Waals surface area contributed by atoms with Gasteiger partial charge in [-0.1, -0.05) is 24.3 Å². The summed E-state index contributed by atoms with van der Waals surface area (Å²) >= 11 is 0. The van der Waals surface area contributed by atoms with Gasteiger partial charge in [0.2, 0.25) is 0 Å². The lowest BCUT2D eigenvalue weighted by molar-refractivity contribution is 0.102. The van der Waals surface area contributed by atoms with Crippen LogP contribution in [0.3, 0.4) is 0 Å². The van der Waals surface area contributed by atoms with Gasteiger partial charge in [-0.2, -0.15) is 0 Å². The lowest BCUT2D eigenvalue weighted by Crippen LogP contribution is -2.16. The van der Waals surface area contributed by atoms with Crippen LogP contribution < -0.4 is 14.8 Å². The number of ether oxygens (including phenoxy) is 1. The molecular weight excluding hydrogens is 388 g/mol. The Labute approximate surface area is 170 Å². The van der Waals surface area contributed by atoms with E-state index in [1.54, 1.807) is 60.7 Å². The Hall–Kier alpha value is -3.32. The number of sulfonamides is 1. The van der Waals surface area contributed by atoms with Gasteiger partial charge < -0.3 is 10.1 Å². The second-order valence-corrected chi connectivity index (χ2v) is 8.33. The summed E-state index contributed by atoms with van der Waals surface area (Å²) in [7, 11) is -3.81. The zero-order valence-corrected chi connectivity index (χ0v) is 16.9. The molecule has 7 heteroatoms. The quantitative estimate of drug-likeness (QED) is 0.599. The Morgan fingerprint density at radius 2 is 1.55 bits per heavy atom. The summed E-state index contributed by atoms with van der Waals surface area (Å²) in [6.45, 7) is 3.87. The standard InChI is InChI=1S/C22H22N2O4S/c1-16(2)28-20-13-11-18(12-14-20)23-22(25)17-7-6-10-21(15-17)29(26,27)24-19-8-4-3-5-9-19/h3-16,24H,1-2H3,(H,23,25). The first-order chi connectivity index (χ1) is 13.8. The smallest absolute Gasteiger partial charge is 0.261 e. The van der Waals surface area contributed by atoms with E-state index in [4.69, 9.17) is 4.74 Å². The first-order valence-electron chi connectivity index (χ1n) is 9.09. The van der Waals surface area contributed by atoms with Crippen molar-refractivity contribution >= 4 is 27.3 Å². The van der Waals surface area contributed by atoms with Crippen LogP contribution in [0, 0.1) is 0 Å². The van der Waals surface area contributed by atoms with Crippen LogP contribution >= 0.6 is 0 Å². The Morgan fingerprint density at radius 3 is 2.21 bits per heavy atom.